The summed E-state index contributed by atoms with van der Waals surface area (Å²) in [6, 6.07) is 6.93. The minimum Gasteiger partial charge on any atom is -0.355 e. The molecule has 0 spiro atoms. The number of piperazine rings is 1. The zero-order chi connectivity index (χ0) is 16.8. The summed E-state index contributed by atoms with van der Waals surface area (Å²) in [5.41, 5.74) is 0. The fourth-order valence-electron chi connectivity index (χ4n) is 3.37. The molecule has 2 heterocycles. The van der Waals surface area contributed by atoms with Crippen LogP contribution in [0.3, 0.4) is 0 Å². The molecule has 1 aromatic heterocycles. The summed E-state index contributed by atoms with van der Waals surface area (Å²) in [6.45, 7) is 9.41. The molecule has 1 aliphatic carbocycles. The molecule has 3 rings (SSSR count). The molecule has 1 aliphatic heterocycles. The van der Waals surface area contributed by atoms with E-state index in [0.29, 0.717) is 0 Å². The first-order valence-corrected chi connectivity index (χ1v) is 9.17. The fraction of sp³-hybridized carbons (Fsp3) is 0.667. The van der Waals surface area contributed by atoms with E-state index in [1.54, 1.807) is 0 Å². The normalized spacial score (nSPS) is 19.0. The van der Waals surface area contributed by atoms with Crippen molar-refractivity contribution in [2.75, 3.05) is 57.8 Å². The summed E-state index contributed by atoms with van der Waals surface area (Å²) in [5, 5.41) is 3.54. The first-order chi connectivity index (χ1) is 11.8. The maximum Gasteiger partial charge on any atom is 0.193 e. The van der Waals surface area contributed by atoms with Crippen molar-refractivity contribution in [1.82, 2.24) is 20.1 Å². The number of guanidine groups is 1. The van der Waals surface area contributed by atoms with Crippen LogP contribution < -0.4 is 10.2 Å². The molecular formula is C18H30N6. The van der Waals surface area contributed by atoms with Crippen LogP contribution in [0.1, 0.15) is 19.8 Å². The smallest absolute Gasteiger partial charge is 0.193 e. The van der Waals surface area contributed by atoms with Crippen molar-refractivity contribution in [3.63, 3.8) is 0 Å². The number of aliphatic imine (C=N–C) groups is 1. The molecular weight excluding hydrogens is 300 g/mol. The predicted octanol–water partition coefficient (Wildman–Crippen LogP) is 1.26. The third kappa shape index (κ3) is 4.38. The van der Waals surface area contributed by atoms with Gasteiger partial charge >= 0.3 is 0 Å². The zero-order valence-corrected chi connectivity index (χ0v) is 15.0. The highest BCUT2D eigenvalue weighted by Crippen LogP contribution is 2.25. The monoisotopic (exact) mass is 330 g/mol. The Hall–Kier alpha value is -1.82. The van der Waals surface area contributed by atoms with Crippen molar-refractivity contribution >= 4 is 11.8 Å². The van der Waals surface area contributed by atoms with Crippen molar-refractivity contribution in [2.45, 2.75) is 25.8 Å². The Morgan fingerprint density at radius 3 is 2.67 bits per heavy atom. The summed E-state index contributed by atoms with van der Waals surface area (Å²) in [4.78, 5) is 16.2. The number of likely N-dealkylation sites (N-methyl/N-ethyl adjacent to an activating group) is 1. The van der Waals surface area contributed by atoms with Gasteiger partial charge in [-0.2, -0.15) is 0 Å². The van der Waals surface area contributed by atoms with E-state index in [0.717, 1.165) is 63.6 Å². The maximum atomic E-state index is 4.47. The molecule has 0 bridgehead atoms. The molecule has 0 amide bonds. The largest absolute Gasteiger partial charge is 0.355 e. The van der Waals surface area contributed by atoms with Crippen LogP contribution in [-0.4, -0.2) is 79.6 Å². The van der Waals surface area contributed by atoms with Crippen LogP contribution in [0.5, 0.6) is 0 Å². The maximum absolute atomic E-state index is 4.47. The molecule has 1 N–H and O–H groups in total. The first kappa shape index (κ1) is 17.0. The van der Waals surface area contributed by atoms with Crippen LogP contribution in [0.2, 0.25) is 0 Å². The number of aromatic nitrogens is 1. The molecule has 6 nitrogen and oxygen atoms in total. The van der Waals surface area contributed by atoms with Gasteiger partial charge in [-0.3, -0.25) is 9.89 Å². The second kappa shape index (κ2) is 8.33. The minimum absolute atomic E-state index is 0.834. The summed E-state index contributed by atoms with van der Waals surface area (Å²) >= 11 is 0. The molecule has 24 heavy (non-hydrogen) atoms. The Balaban J connectivity index is 1.43. The predicted molar refractivity (Wildman–Crippen MR) is 99.7 cm³/mol. The molecule has 1 saturated heterocycles. The van der Waals surface area contributed by atoms with E-state index in [9.17, 15) is 0 Å². The summed E-state index contributed by atoms with van der Waals surface area (Å²) in [7, 11) is 1.88. The van der Waals surface area contributed by atoms with Crippen molar-refractivity contribution < 1.29 is 0 Å². The molecule has 0 unspecified atom stereocenters. The minimum atomic E-state index is 0.834. The van der Waals surface area contributed by atoms with Crippen LogP contribution in [0.25, 0.3) is 0 Å². The lowest BCUT2D eigenvalue weighted by Crippen LogP contribution is -2.53. The number of nitrogens with one attached hydrogen (secondary N) is 1. The third-order valence-corrected chi connectivity index (χ3v) is 4.92. The van der Waals surface area contributed by atoms with Gasteiger partial charge in [0.15, 0.2) is 5.96 Å². The second-order valence-corrected chi connectivity index (χ2v) is 6.50. The van der Waals surface area contributed by atoms with E-state index in [4.69, 9.17) is 0 Å². The molecule has 132 valence electrons. The molecule has 0 aromatic carbocycles. The Labute approximate surface area is 145 Å². The van der Waals surface area contributed by atoms with Crippen LogP contribution in [-0.2, 0) is 0 Å². The van der Waals surface area contributed by atoms with Crippen LogP contribution in [0, 0.1) is 0 Å². The third-order valence-electron chi connectivity index (χ3n) is 4.92. The highest BCUT2D eigenvalue weighted by atomic mass is 15.4. The van der Waals surface area contributed by atoms with E-state index in [2.05, 4.69) is 49.0 Å². The van der Waals surface area contributed by atoms with Gasteiger partial charge in [-0.15, -0.1) is 0 Å². The number of anilines is 1. The quantitative estimate of drug-likeness (QED) is 0.629. The van der Waals surface area contributed by atoms with E-state index in [1.165, 1.54) is 12.8 Å². The number of hydrogen-bond acceptors (Lipinski definition) is 4. The molecule has 1 aromatic rings. The topological polar surface area (TPSA) is 47.0 Å². The zero-order valence-electron chi connectivity index (χ0n) is 15.0. The summed E-state index contributed by atoms with van der Waals surface area (Å²) < 4.78 is 0. The van der Waals surface area contributed by atoms with Gasteiger partial charge in [-0.25, -0.2) is 4.98 Å². The average molecular weight is 330 g/mol. The Morgan fingerprint density at radius 1 is 1.29 bits per heavy atom. The van der Waals surface area contributed by atoms with Gasteiger partial charge in [0.2, 0.25) is 0 Å². The lowest BCUT2D eigenvalue weighted by atomic mass is 10.3. The number of rotatable bonds is 6. The Kier molecular flexibility index (Phi) is 5.91. The van der Waals surface area contributed by atoms with Gasteiger partial charge in [0.1, 0.15) is 5.82 Å². The van der Waals surface area contributed by atoms with Gasteiger partial charge in [0.25, 0.3) is 0 Å². The molecule has 6 heteroatoms. The van der Waals surface area contributed by atoms with Crippen LogP contribution in [0.4, 0.5) is 5.82 Å². The molecule has 1 saturated carbocycles. The van der Waals surface area contributed by atoms with Crippen molar-refractivity contribution in [1.29, 1.82) is 0 Å². The van der Waals surface area contributed by atoms with E-state index in [-0.39, 0.29) is 0 Å². The SMILES string of the molecule is CCN(CCNC(=NC)N1CCN(c2ccccn2)CC1)C1CC1. The van der Waals surface area contributed by atoms with Gasteiger partial charge in [-0.1, -0.05) is 13.0 Å². The molecule has 2 fully saturated rings. The fourth-order valence-corrected chi connectivity index (χ4v) is 3.37. The summed E-state index contributed by atoms with van der Waals surface area (Å²) in [5.74, 6) is 2.10. The van der Waals surface area contributed by atoms with Crippen molar-refractivity contribution in [3.8, 4) is 0 Å². The second-order valence-electron chi connectivity index (χ2n) is 6.50. The van der Waals surface area contributed by atoms with Crippen molar-refractivity contribution in [3.05, 3.63) is 24.4 Å². The number of nitrogens with zero attached hydrogens (tertiary/aromatic N) is 5. The van der Waals surface area contributed by atoms with Crippen molar-refractivity contribution in [2.24, 2.45) is 4.99 Å². The molecule has 0 atom stereocenters. The lowest BCUT2D eigenvalue weighted by molar-refractivity contribution is 0.279. The van der Waals surface area contributed by atoms with Gasteiger partial charge in [0.05, 0.1) is 0 Å². The van der Waals surface area contributed by atoms with E-state index >= 15 is 0 Å². The molecule has 0 radical (unpaired) electrons. The van der Waals surface area contributed by atoms with Gasteiger partial charge < -0.3 is 15.1 Å². The first-order valence-electron chi connectivity index (χ1n) is 9.17. The lowest BCUT2D eigenvalue weighted by Gasteiger charge is -2.37. The van der Waals surface area contributed by atoms with Gasteiger partial charge in [-0.05, 0) is 31.5 Å². The Bertz CT molecular complexity index is 520. The summed E-state index contributed by atoms with van der Waals surface area (Å²) in [6.07, 6.45) is 4.61. The average Bonchev–Trinajstić information content (AvgIpc) is 3.48. The number of pyridine rings is 1. The standard InChI is InChI=1S/C18H30N6/c1-3-22(16-7-8-16)11-10-21-18(19-2)24-14-12-23(13-15-24)17-6-4-5-9-20-17/h4-6,9,16H,3,7-8,10-15H2,1-2H3,(H,19,21). The highest BCUT2D eigenvalue weighted by Gasteiger charge is 2.27. The number of hydrogen-bond donors (Lipinski definition) is 1. The van der Waals surface area contributed by atoms with Gasteiger partial charge in [0, 0.05) is 58.6 Å². The Morgan fingerprint density at radius 2 is 2.08 bits per heavy atom. The molecule has 2 aliphatic rings. The van der Waals surface area contributed by atoms with Crippen LogP contribution in [0.15, 0.2) is 29.4 Å². The van der Waals surface area contributed by atoms with E-state index in [1.807, 2.05) is 19.3 Å². The van der Waals surface area contributed by atoms with E-state index < -0.39 is 0 Å². The van der Waals surface area contributed by atoms with Crippen LogP contribution >= 0.6 is 0 Å². The highest BCUT2D eigenvalue weighted by molar-refractivity contribution is 5.80.